The van der Waals surface area contributed by atoms with Gasteiger partial charge >= 0.3 is 0 Å². The predicted molar refractivity (Wildman–Crippen MR) is 76.7 cm³/mol. The first-order chi connectivity index (χ1) is 8.84. The third-order valence-electron chi connectivity index (χ3n) is 2.83. The van der Waals surface area contributed by atoms with Crippen LogP contribution in [0.15, 0.2) is 71.7 Å². The van der Waals surface area contributed by atoms with E-state index in [2.05, 4.69) is 63.4 Å². The van der Waals surface area contributed by atoms with Crippen LogP contribution in [0, 0.1) is 0 Å². The highest BCUT2D eigenvalue weighted by molar-refractivity contribution is 9.10. The molecule has 0 saturated heterocycles. The van der Waals surface area contributed by atoms with E-state index in [4.69, 9.17) is 0 Å². The highest BCUT2D eigenvalue weighted by Gasteiger charge is 2.07. The van der Waals surface area contributed by atoms with Crippen LogP contribution >= 0.6 is 15.9 Å². The van der Waals surface area contributed by atoms with Gasteiger partial charge in [0.15, 0.2) is 0 Å². The number of hydrogen-bond acceptors (Lipinski definition) is 1. The molecule has 0 atom stereocenters. The predicted octanol–water partition coefficient (Wildman–Crippen LogP) is 4.30. The summed E-state index contributed by atoms with van der Waals surface area (Å²) in [6, 6.07) is 16.6. The molecule has 0 radical (unpaired) electrons. The largest absolute Gasteiger partial charge is 0.306 e. The van der Waals surface area contributed by atoms with Gasteiger partial charge in [0.25, 0.3) is 0 Å². The van der Waals surface area contributed by atoms with Crippen LogP contribution in [-0.4, -0.2) is 9.55 Å². The van der Waals surface area contributed by atoms with Gasteiger partial charge in [0.2, 0.25) is 0 Å². The molecule has 2 aromatic carbocycles. The zero-order valence-electron chi connectivity index (χ0n) is 9.62. The maximum Gasteiger partial charge on any atom is 0.0991 e. The molecule has 18 heavy (non-hydrogen) atoms. The molecule has 0 amide bonds. The lowest BCUT2D eigenvalue weighted by Gasteiger charge is -2.11. The maximum absolute atomic E-state index is 4.11. The van der Waals surface area contributed by atoms with Crippen molar-refractivity contribution in [1.29, 1.82) is 0 Å². The van der Waals surface area contributed by atoms with E-state index in [9.17, 15) is 0 Å². The normalized spacial score (nSPS) is 10.5. The molecule has 1 heterocycles. The summed E-state index contributed by atoms with van der Waals surface area (Å²) in [4.78, 5) is 4.11. The van der Waals surface area contributed by atoms with E-state index in [1.807, 2.05) is 23.2 Å². The Kier molecular flexibility index (Phi) is 2.99. The molecule has 1 aromatic heterocycles. The quantitative estimate of drug-likeness (QED) is 0.690. The molecule has 0 aliphatic heterocycles. The summed E-state index contributed by atoms with van der Waals surface area (Å²) >= 11 is 3.52. The second-order valence-electron chi connectivity index (χ2n) is 4.00. The summed E-state index contributed by atoms with van der Waals surface area (Å²) in [6.45, 7) is 0. The summed E-state index contributed by atoms with van der Waals surface area (Å²) in [5.74, 6) is 0. The Labute approximate surface area is 114 Å². The number of imidazole rings is 1. The molecule has 0 aliphatic carbocycles. The van der Waals surface area contributed by atoms with Gasteiger partial charge in [-0.3, -0.25) is 0 Å². The molecule has 0 unspecified atom stereocenters. The molecule has 0 bridgehead atoms. The number of halogens is 1. The third kappa shape index (κ3) is 2.09. The smallest absolute Gasteiger partial charge is 0.0991 e. The Balaban J connectivity index is 2.21. The van der Waals surface area contributed by atoms with Gasteiger partial charge in [-0.1, -0.05) is 52.3 Å². The van der Waals surface area contributed by atoms with Crippen molar-refractivity contribution >= 4 is 15.9 Å². The molecule has 0 N–H and O–H groups in total. The molecule has 2 nitrogen and oxygen atoms in total. The Morgan fingerprint density at radius 2 is 1.83 bits per heavy atom. The maximum atomic E-state index is 4.11. The molecule has 3 rings (SSSR count). The SMILES string of the molecule is Brc1ccc(-c2ccccc2)c(-n2ccnc2)c1. The zero-order valence-corrected chi connectivity index (χ0v) is 11.2. The van der Waals surface area contributed by atoms with Crippen molar-refractivity contribution in [3.05, 3.63) is 71.7 Å². The van der Waals surface area contributed by atoms with E-state index >= 15 is 0 Å². The molecule has 0 spiro atoms. The van der Waals surface area contributed by atoms with Crippen LogP contribution in [0.4, 0.5) is 0 Å². The Bertz CT molecular complexity index is 646. The zero-order chi connectivity index (χ0) is 12.4. The Morgan fingerprint density at radius 1 is 1.00 bits per heavy atom. The summed E-state index contributed by atoms with van der Waals surface area (Å²) in [5.41, 5.74) is 3.51. The fourth-order valence-electron chi connectivity index (χ4n) is 1.98. The van der Waals surface area contributed by atoms with Crippen molar-refractivity contribution in [3.8, 4) is 16.8 Å². The second-order valence-corrected chi connectivity index (χ2v) is 4.91. The van der Waals surface area contributed by atoms with Crippen molar-refractivity contribution in [1.82, 2.24) is 9.55 Å². The first-order valence-electron chi connectivity index (χ1n) is 5.68. The van der Waals surface area contributed by atoms with Gasteiger partial charge in [0, 0.05) is 22.4 Å². The van der Waals surface area contributed by atoms with E-state index in [-0.39, 0.29) is 0 Å². The molecular formula is C15H11BrN2. The Hall–Kier alpha value is -1.87. The van der Waals surface area contributed by atoms with Gasteiger partial charge in [0.05, 0.1) is 12.0 Å². The van der Waals surface area contributed by atoms with Crippen LogP contribution in [0.2, 0.25) is 0 Å². The minimum absolute atomic E-state index is 1.06. The highest BCUT2D eigenvalue weighted by atomic mass is 79.9. The standard InChI is InChI=1S/C15H11BrN2/c16-13-6-7-14(12-4-2-1-3-5-12)15(10-13)18-9-8-17-11-18/h1-11H. The number of rotatable bonds is 2. The summed E-state index contributed by atoms with van der Waals surface area (Å²) in [5, 5.41) is 0. The van der Waals surface area contributed by atoms with Gasteiger partial charge in [-0.05, 0) is 17.7 Å². The number of nitrogens with zero attached hydrogens (tertiary/aromatic N) is 2. The fraction of sp³-hybridized carbons (Fsp3) is 0. The van der Waals surface area contributed by atoms with E-state index < -0.39 is 0 Å². The minimum Gasteiger partial charge on any atom is -0.306 e. The number of hydrogen-bond donors (Lipinski definition) is 0. The lowest BCUT2D eigenvalue weighted by atomic mass is 10.0. The average molecular weight is 299 g/mol. The molecule has 88 valence electrons. The number of aromatic nitrogens is 2. The molecular weight excluding hydrogens is 288 g/mol. The van der Waals surface area contributed by atoms with E-state index in [1.54, 1.807) is 6.20 Å². The number of benzene rings is 2. The lowest BCUT2D eigenvalue weighted by Crippen LogP contribution is -1.94. The molecule has 3 aromatic rings. The summed E-state index contributed by atoms with van der Waals surface area (Å²) in [6.07, 6.45) is 5.55. The van der Waals surface area contributed by atoms with E-state index in [0.717, 1.165) is 10.2 Å². The van der Waals surface area contributed by atoms with Crippen LogP contribution in [0.5, 0.6) is 0 Å². The van der Waals surface area contributed by atoms with Crippen molar-refractivity contribution in [2.75, 3.05) is 0 Å². The Morgan fingerprint density at radius 3 is 2.56 bits per heavy atom. The molecule has 0 fully saturated rings. The topological polar surface area (TPSA) is 17.8 Å². The summed E-state index contributed by atoms with van der Waals surface area (Å²) < 4.78 is 3.08. The molecule has 0 aliphatic rings. The highest BCUT2D eigenvalue weighted by Crippen LogP contribution is 2.29. The second kappa shape index (κ2) is 4.78. The van der Waals surface area contributed by atoms with Gasteiger partial charge in [-0.15, -0.1) is 0 Å². The lowest BCUT2D eigenvalue weighted by molar-refractivity contribution is 1.06. The average Bonchev–Trinajstić information content (AvgIpc) is 2.93. The van der Waals surface area contributed by atoms with Crippen LogP contribution in [-0.2, 0) is 0 Å². The van der Waals surface area contributed by atoms with Crippen molar-refractivity contribution in [2.45, 2.75) is 0 Å². The third-order valence-corrected chi connectivity index (χ3v) is 3.32. The van der Waals surface area contributed by atoms with Gasteiger partial charge in [0.1, 0.15) is 0 Å². The van der Waals surface area contributed by atoms with Crippen LogP contribution in [0.25, 0.3) is 16.8 Å². The molecule has 3 heteroatoms. The van der Waals surface area contributed by atoms with Gasteiger partial charge in [-0.2, -0.15) is 0 Å². The minimum atomic E-state index is 1.06. The fourth-order valence-corrected chi connectivity index (χ4v) is 2.33. The van der Waals surface area contributed by atoms with Crippen LogP contribution < -0.4 is 0 Å². The van der Waals surface area contributed by atoms with Crippen molar-refractivity contribution in [3.63, 3.8) is 0 Å². The van der Waals surface area contributed by atoms with E-state index in [0.29, 0.717) is 0 Å². The van der Waals surface area contributed by atoms with Crippen molar-refractivity contribution in [2.24, 2.45) is 0 Å². The monoisotopic (exact) mass is 298 g/mol. The van der Waals surface area contributed by atoms with Crippen LogP contribution in [0.3, 0.4) is 0 Å². The van der Waals surface area contributed by atoms with Gasteiger partial charge in [-0.25, -0.2) is 4.98 Å². The molecule has 0 saturated carbocycles. The van der Waals surface area contributed by atoms with Crippen LogP contribution in [0.1, 0.15) is 0 Å². The first-order valence-corrected chi connectivity index (χ1v) is 6.47. The van der Waals surface area contributed by atoms with Crippen molar-refractivity contribution < 1.29 is 0 Å². The first kappa shape index (κ1) is 11.2. The summed E-state index contributed by atoms with van der Waals surface area (Å²) in [7, 11) is 0. The van der Waals surface area contributed by atoms with Gasteiger partial charge < -0.3 is 4.57 Å². The van der Waals surface area contributed by atoms with E-state index in [1.165, 1.54) is 11.1 Å².